The molecule has 0 aliphatic carbocycles. The first-order chi connectivity index (χ1) is 15.1. The number of hydrogen-bond donors (Lipinski definition) is 1. The first kappa shape index (κ1) is 20.8. The quantitative estimate of drug-likeness (QED) is 0.671. The van der Waals surface area contributed by atoms with Crippen molar-refractivity contribution in [1.29, 1.82) is 0 Å². The Balaban J connectivity index is 1.52. The molecule has 0 spiro atoms. The average Bonchev–Trinajstić information content (AvgIpc) is 2.83. The van der Waals surface area contributed by atoms with Crippen molar-refractivity contribution >= 4 is 11.8 Å². The zero-order valence-electron chi connectivity index (χ0n) is 17.2. The second-order valence-electron chi connectivity index (χ2n) is 7.96. The first-order valence-electron chi connectivity index (χ1n) is 10.5. The van der Waals surface area contributed by atoms with Crippen LogP contribution < -0.4 is 5.32 Å². The predicted molar refractivity (Wildman–Crippen MR) is 118 cm³/mol. The van der Waals surface area contributed by atoms with Crippen LogP contribution >= 0.6 is 0 Å². The lowest BCUT2D eigenvalue weighted by Gasteiger charge is -2.37. The van der Waals surface area contributed by atoms with E-state index in [1.165, 1.54) is 24.3 Å². The summed E-state index contributed by atoms with van der Waals surface area (Å²) in [5, 5.41) is 3.02. The van der Waals surface area contributed by atoms with E-state index in [2.05, 4.69) is 5.32 Å². The van der Waals surface area contributed by atoms with Crippen LogP contribution in [0.3, 0.4) is 0 Å². The Kier molecular flexibility index (Phi) is 6.41. The summed E-state index contributed by atoms with van der Waals surface area (Å²) < 4.78 is 13.3. The maximum atomic E-state index is 13.3. The molecule has 0 aromatic heterocycles. The lowest BCUT2D eigenvalue weighted by atomic mass is 9.83. The van der Waals surface area contributed by atoms with E-state index in [4.69, 9.17) is 0 Å². The van der Waals surface area contributed by atoms with E-state index in [0.29, 0.717) is 31.6 Å². The lowest BCUT2D eigenvalue weighted by Crippen LogP contribution is -2.48. The average molecular weight is 416 g/mol. The normalized spacial score (nSPS) is 18.4. The van der Waals surface area contributed by atoms with Crippen molar-refractivity contribution < 1.29 is 14.0 Å². The molecule has 4 nitrogen and oxygen atoms in total. The maximum Gasteiger partial charge on any atom is 0.253 e. The Morgan fingerprint density at radius 1 is 0.871 bits per heavy atom. The van der Waals surface area contributed by atoms with Gasteiger partial charge in [-0.05, 0) is 41.8 Å². The third-order valence-corrected chi connectivity index (χ3v) is 5.78. The number of rotatable bonds is 5. The minimum atomic E-state index is -0.379. The van der Waals surface area contributed by atoms with Gasteiger partial charge in [-0.3, -0.25) is 9.59 Å². The monoisotopic (exact) mass is 416 g/mol. The third kappa shape index (κ3) is 5.18. The highest BCUT2D eigenvalue weighted by atomic mass is 19.1. The van der Waals surface area contributed by atoms with Crippen LogP contribution in [-0.4, -0.2) is 29.8 Å². The van der Waals surface area contributed by atoms with Crippen LogP contribution in [0, 0.1) is 11.7 Å². The van der Waals surface area contributed by atoms with E-state index in [-0.39, 0.29) is 29.5 Å². The lowest BCUT2D eigenvalue weighted by molar-refractivity contribution is -0.126. The van der Waals surface area contributed by atoms with Gasteiger partial charge in [-0.2, -0.15) is 0 Å². The number of hydrogen-bond acceptors (Lipinski definition) is 2. The van der Waals surface area contributed by atoms with Gasteiger partial charge >= 0.3 is 0 Å². The summed E-state index contributed by atoms with van der Waals surface area (Å²) in [6, 6.07) is 25.3. The van der Waals surface area contributed by atoms with Crippen molar-refractivity contribution in [2.24, 2.45) is 5.92 Å². The SMILES string of the molecule is O=C(NCc1ccccc1)[C@H]1C[C@@H](c2ccccc2)CN(C(=O)c2ccc(F)cc2)C1. The molecule has 3 aromatic rings. The summed E-state index contributed by atoms with van der Waals surface area (Å²) in [5.74, 6) is -0.864. The number of halogens is 1. The molecule has 0 bridgehead atoms. The Labute approximate surface area is 181 Å². The van der Waals surface area contributed by atoms with Gasteiger partial charge in [0.05, 0.1) is 5.92 Å². The van der Waals surface area contributed by atoms with Gasteiger partial charge < -0.3 is 10.2 Å². The van der Waals surface area contributed by atoms with Crippen LogP contribution in [0.1, 0.15) is 33.8 Å². The maximum absolute atomic E-state index is 13.3. The van der Waals surface area contributed by atoms with E-state index in [1.807, 2.05) is 60.7 Å². The molecule has 0 unspecified atom stereocenters. The second-order valence-corrected chi connectivity index (χ2v) is 7.96. The van der Waals surface area contributed by atoms with E-state index < -0.39 is 0 Å². The molecule has 31 heavy (non-hydrogen) atoms. The molecule has 1 N–H and O–H groups in total. The largest absolute Gasteiger partial charge is 0.352 e. The highest BCUT2D eigenvalue weighted by Gasteiger charge is 2.34. The Bertz CT molecular complexity index is 1020. The number of nitrogens with zero attached hydrogens (tertiary/aromatic N) is 1. The summed E-state index contributed by atoms with van der Waals surface area (Å²) in [5.41, 5.74) is 2.57. The van der Waals surface area contributed by atoms with Gasteiger partial charge in [-0.1, -0.05) is 60.7 Å². The van der Waals surface area contributed by atoms with Crippen LogP contribution in [0.15, 0.2) is 84.9 Å². The highest BCUT2D eigenvalue weighted by Crippen LogP contribution is 2.31. The van der Waals surface area contributed by atoms with Gasteiger partial charge in [0.25, 0.3) is 5.91 Å². The Hall–Kier alpha value is -3.47. The van der Waals surface area contributed by atoms with Gasteiger partial charge in [-0.15, -0.1) is 0 Å². The molecule has 2 atom stereocenters. The second kappa shape index (κ2) is 9.56. The molecular formula is C26H25FN2O2. The molecular weight excluding hydrogens is 391 g/mol. The number of piperidine rings is 1. The summed E-state index contributed by atoms with van der Waals surface area (Å²) in [6.45, 7) is 1.33. The van der Waals surface area contributed by atoms with E-state index in [1.54, 1.807) is 4.90 Å². The van der Waals surface area contributed by atoms with Crippen LogP contribution in [0.2, 0.25) is 0 Å². The smallest absolute Gasteiger partial charge is 0.253 e. The molecule has 2 amide bonds. The number of amides is 2. The molecule has 1 saturated heterocycles. The fourth-order valence-electron chi connectivity index (χ4n) is 4.13. The van der Waals surface area contributed by atoms with Gasteiger partial charge in [-0.25, -0.2) is 4.39 Å². The van der Waals surface area contributed by atoms with Crippen LogP contribution in [0.4, 0.5) is 4.39 Å². The van der Waals surface area contributed by atoms with E-state index in [0.717, 1.165) is 11.1 Å². The topological polar surface area (TPSA) is 49.4 Å². The molecule has 4 rings (SSSR count). The van der Waals surface area contributed by atoms with Crippen molar-refractivity contribution in [2.45, 2.75) is 18.9 Å². The van der Waals surface area contributed by atoms with Crippen molar-refractivity contribution in [3.63, 3.8) is 0 Å². The Morgan fingerprint density at radius 2 is 1.52 bits per heavy atom. The first-order valence-corrected chi connectivity index (χ1v) is 10.5. The standard InChI is InChI=1S/C26H25FN2O2/c27-24-13-11-21(12-14-24)26(31)29-17-22(20-9-5-2-6-10-20)15-23(18-29)25(30)28-16-19-7-3-1-4-8-19/h1-14,22-23H,15-18H2,(H,28,30)/t22-,23+/m1/s1. The zero-order valence-corrected chi connectivity index (χ0v) is 17.2. The van der Waals surface area contributed by atoms with Crippen molar-refractivity contribution in [3.05, 3.63) is 107 Å². The number of nitrogens with one attached hydrogen (secondary N) is 1. The van der Waals surface area contributed by atoms with Gasteiger partial charge in [0.2, 0.25) is 5.91 Å². The van der Waals surface area contributed by atoms with Crippen LogP contribution in [0.5, 0.6) is 0 Å². The van der Waals surface area contributed by atoms with Crippen LogP contribution in [-0.2, 0) is 11.3 Å². The molecule has 3 aromatic carbocycles. The molecule has 5 heteroatoms. The molecule has 1 fully saturated rings. The van der Waals surface area contributed by atoms with Gasteiger partial charge in [0.1, 0.15) is 5.82 Å². The van der Waals surface area contributed by atoms with Crippen molar-refractivity contribution in [1.82, 2.24) is 10.2 Å². The van der Waals surface area contributed by atoms with E-state index >= 15 is 0 Å². The predicted octanol–water partition coefficient (Wildman–Crippen LogP) is 4.39. The fourth-order valence-corrected chi connectivity index (χ4v) is 4.13. The third-order valence-electron chi connectivity index (χ3n) is 5.78. The Morgan fingerprint density at radius 3 is 2.19 bits per heavy atom. The molecule has 158 valence electrons. The van der Waals surface area contributed by atoms with Crippen molar-refractivity contribution in [3.8, 4) is 0 Å². The summed E-state index contributed by atoms with van der Waals surface area (Å²) in [7, 11) is 0. The number of carbonyl (C=O) groups excluding carboxylic acids is 2. The van der Waals surface area contributed by atoms with Crippen molar-refractivity contribution in [2.75, 3.05) is 13.1 Å². The molecule has 1 aliphatic heterocycles. The molecule has 1 heterocycles. The summed E-state index contributed by atoms with van der Waals surface area (Å²) in [6.07, 6.45) is 0.678. The van der Waals surface area contributed by atoms with Crippen LogP contribution in [0.25, 0.3) is 0 Å². The molecule has 1 aliphatic rings. The number of benzene rings is 3. The minimum Gasteiger partial charge on any atom is -0.352 e. The zero-order chi connectivity index (χ0) is 21.6. The molecule has 0 saturated carbocycles. The van der Waals surface area contributed by atoms with Gasteiger partial charge in [0, 0.05) is 31.1 Å². The summed E-state index contributed by atoms with van der Waals surface area (Å²) in [4.78, 5) is 27.8. The number of carbonyl (C=O) groups is 2. The fraction of sp³-hybridized carbons (Fsp3) is 0.231. The van der Waals surface area contributed by atoms with E-state index in [9.17, 15) is 14.0 Å². The highest BCUT2D eigenvalue weighted by molar-refractivity contribution is 5.94. The van der Waals surface area contributed by atoms with Gasteiger partial charge in [0.15, 0.2) is 0 Å². The molecule has 0 radical (unpaired) electrons. The number of likely N-dealkylation sites (tertiary alicyclic amines) is 1. The summed E-state index contributed by atoms with van der Waals surface area (Å²) >= 11 is 0. The minimum absolute atomic E-state index is 0.0543.